The molecule has 100 valence electrons. The van der Waals surface area contributed by atoms with Crippen molar-refractivity contribution in [1.29, 1.82) is 0 Å². The molecule has 1 nitrogen and oxygen atoms in total. The minimum absolute atomic E-state index is 0.0412. The number of benzene rings is 2. The first-order valence-corrected chi connectivity index (χ1v) is 6.91. The van der Waals surface area contributed by atoms with Gasteiger partial charge in [0.15, 0.2) is 0 Å². The van der Waals surface area contributed by atoms with Crippen molar-refractivity contribution >= 4 is 0 Å². The molecule has 0 saturated heterocycles. The maximum atomic E-state index is 6.36. The van der Waals surface area contributed by atoms with Crippen LogP contribution in [-0.2, 0) is 0 Å². The molecule has 0 aliphatic rings. The summed E-state index contributed by atoms with van der Waals surface area (Å²) >= 11 is 0. The monoisotopic (exact) mass is 253 g/mol. The summed E-state index contributed by atoms with van der Waals surface area (Å²) < 4.78 is 0. The van der Waals surface area contributed by atoms with E-state index in [9.17, 15) is 0 Å². The van der Waals surface area contributed by atoms with Crippen LogP contribution in [0.1, 0.15) is 53.6 Å². The highest BCUT2D eigenvalue weighted by Crippen LogP contribution is 2.23. The molecule has 2 N–H and O–H groups in total. The van der Waals surface area contributed by atoms with Gasteiger partial charge in [-0.15, -0.1) is 0 Å². The van der Waals surface area contributed by atoms with Gasteiger partial charge < -0.3 is 5.73 Å². The van der Waals surface area contributed by atoms with E-state index >= 15 is 0 Å². The van der Waals surface area contributed by atoms with Crippen molar-refractivity contribution in [2.75, 3.05) is 0 Å². The fourth-order valence-corrected chi connectivity index (χ4v) is 2.24. The van der Waals surface area contributed by atoms with Gasteiger partial charge in [-0.2, -0.15) is 0 Å². The summed E-state index contributed by atoms with van der Waals surface area (Å²) in [6.45, 7) is 8.67. The van der Waals surface area contributed by atoms with E-state index < -0.39 is 0 Å². The van der Waals surface area contributed by atoms with Crippen LogP contribution in [0.5, 0.6) is 0 Å². The molecule has 1 heteroatoms. The Kier molecular flexibility index (Phi) is 4.06. The van der Waals surface area contributed by atoms with Crippen molar-refractivity contribution in [3.63, 3.8) is 0 Å². The van der Waals surface area contributed by atoms with Crippen molar-refractivity contribution in [2.45, 2.75) is 39.7 Å². The zero-order valence-electron chi connectivity index (χ0n) is 12.3. The van der Waals surface area contributed by atoms with Crippen LogP contribution in [0, 0.1) is 13.8 Å². The third kappa shape index (κ3) is 3.05. The van der Waals surface area contributed by atoms with Crippen LogP contribution in [0.4, 0.5) is 0 Å². The van der Waals surface area contributed by atoms with E-state index in [1.54, 1.807) is 0 Å². The zero-order valence-corrected chi connectivity index (χ0v) is 12.3. The third-order valence-electron chi connectivity index (χ3n) is 3.85. The zero-order chi connectivity index (χ0) is 14.0. The highest BCUT2D eigenvalue weighted by Gasteiger charge is 2.10. The van der Waals surface area contributed by atoms with Crippen LogP contribution in [0.25, 0.3) is 0 Å². The molecule has 2 rings (SSSR count). The molecule has 2 aromatic carbocycles. The molecular weight excluding hydrogens is 230 g/mol. The second-order valence-electron chi connectivity index (χ2n) is 5.64. The number of hydrogen-bond donors (Lipinski definition) is 1. The summed E-state index contributed by atoms with van der Waals surface area (Å²) in [6.07, 6.45) is 0. The number of hydrogen-bond acceptors (Lipinski definition) is 1. The maximum absolute atomic E-state index is 6.36. The van der Waals surface area contributed by atoms with E-state index in [1.165, 1.54) is 27.8 Å². The standard InChI is InChI=1S/C18H23N/c1-12(2)15-7-9-16(10-8-15)18(19)17-6-5-13(3)14(4)11-17/h5-12,18H,19H2,1-4H3. The third-order valence-corrected chi connectivity index (χ3v) is 3.85. The average molecular weight is 253 g/mol. The molecule has 0 aliphatic carbocycles. The Morgan fingerprint density at radius 1 is 0.737 bits per heavy atom. The second kappa shape index (κ2) is 5.58. The average Bonchev–Trinajstić information content (AvgIpc) is 2.41. The van der Waals surface area contributed by atoms with Gasteiger partial charge in [0.1, 0.15) is 0 Å². The SMILES string of the molecule is Cc1ccc(C(N)c2ccc(C(C)C)cc2)cc1C. The topological polar surface area (TPSA) is 26.0 Å². The van der Waals surface area contributed by atoms with Gasteiger partial charge in [-0.3, -0.25) is 0 Å². The van der Waals surface area contributed by atoms with E-state index in [0.717, 1.165) is 0 Å². The molecule has 0 radical (unpaired) electrons. The Labute approximate surface area is 116 Å². The molecule has 0 bridgehead atoms. The van der Waals surface area contributed by atoms with Gasteiger partial charge in [0.25, 0.3) is 0 Å². The van der Waals surface area contributed by atoms with Gasteiger partial charge in [-0.1, -0.05) is 56.3 Å². The number of nitrogens with two attached hydrogens (primary N) is 1. The van der Waals surface area contributed by atoms with Gasteiger partial charge >= 0.3 is 0 Å². The molecule has 1 unspecified atom stereocenters. The molecule has 0 fully saturated rings. The molecule has 2 aromatic rings. The van der Waals surface area contributed by atoms with Crippen molar-refractivity contribution in [3.05, 3.63) is 70.3 Å². The first-order chi connectivity index (χ1) is 8.99. The van der Waals surface area contributed by atoms with Gasteiger partial charge in [0.05, 0.1) is 6.04 Å². The molecule has 0 saturated carbocycles. The summed E-state index contributed by atoms with van der Waals surface area (Å²) in [5.74, 6) is 0.562. The summed E-state index contributed by atoms with van der Waals surface area (Å²) in [6, 6.07) is 15.1. The molecule has 0 heterocycles. The lowest BCUT2D eigenvalue weighted by Crippen LogP contribution is -2.12. The Morgan fingerprint density at radius 3 is 1.79 bits per heavy atom. The van der Waals surface area contributed by atoms with Crippen molar-refractivity contribution in [2.24, 2.45) is 5.73 Å². The lowest BCUT2D eigenvalue weighted by atomic mass is 9.94. The van der Waals surface area contributed by atoms with Crippen LogP contribution in [0.2, 0.25) is 0 Å². The highest BCUT2D eigenvalue weighted by molar-refractivity contribution is 5.37. The van der Waals surface area contributed by atoms with E-state index in [0.29, 0.717) is 5.92 Å². The van der Waals surface area contributed by atoms with Crippen LogP contribution in [-0.4, -0.2) is 0 Å². The molecule has 19 heavy (non-hydrogen) atoms. The van der Waals surface area contributed by atoms with Crippen LogP contribution >= 0.6 is 0 Å². The Hall–Kier alpha value is -1.60. The van der Waals surface area contributed by atoms with Crippen LogP contribution < -0.4 is 5.73 Å². The normalized spacial score (nSPS) is 12.7. The lowest BCUT2D eigenvalue weighted by Gasteiger charge is -2.15. The summed E-state index contributed by atoms with van der Waals surface area (Å²) in [5.41, 5.74) is 12.7. The highest BCUT2D eigenvalue weighted by atomic mass is 14.6. The Balaban J connectivity index is 2.27. The van der Waals surface area contributed by atoms with Crippen molar-refractivity contribution in [1.82, 2.24) is 0 Å². The predicted octanol–water partition coefficient (Wildman–Crippen LogP) is 4.47. The number of aryl methyl sites for hydroxylation is 2. The fraction of sp³-hybridized carbons (Fsp3) is 0.333. The van der Waals surface area contributed by atoms with Crippen LogP contribution in [0.15, 0.2) is 42.5 Å². The largest absolute Gasteiger partial charge is 0.320 e. The van der Waals surface area contributed by atoms with Crippen LogP contribution in [0.3, 0.4) is 0 Å². The molecule has 0 aromatic heterocycles. The molecule has 0 aliphatic heterocycles. The lowest BCUT2D eigenvalue weighted by molar-refractivity contribution is 0.846. The molecular formula is C18H23N. The second-order valence-corrected chi connectivity index (χ2v) is 5.64. The van der Waals surface area contributed by atoms with Gasteiger partial charge in [-0.05, 0) is 47.6 Å². The molecule has 1 atom stereocenters. The smallest absolute Gasteiger partial charge is 0.0551 e. The van der Waals surface area contributed by atoms with E-state index in [4.69, 9.17) is 5.73 Å². The first-order valence-electron chi connectivity index (χ1n) is 6.91. The molecule has 0 amide bonds. The van der Waals surface area contributed by atoms with Gasteiger partial charge in [-0.25, -0.2) is 0 Å². The predicted molar refractivity (Wildman–Crippen MR) is 82.5 cm³/mol. The number of rotatable bonds is 3. The van der Waals surface area contributed by atoms with Crippen molar-refractivity contribution in [3.8, 4) is 0 Å². The van der Waals surface area contributed by atoms with E-state index in [-0.39, 0.29) is 6.04 Å². The summed E-state index contributed by atoms with van der Waals surface area (Å²) in [5, 5.41) is 0. The Bertz CT molecular complexity index is 552. The minimum atomic E-state index is -0.0412. The van der Waals surface area contributed by atoms with Gasteiger partial charge in [0, 0.05) is 0 Å². The van der Waals surface area contributed by atoms with Crippen molar-refractivity contribution < 1.29 is 0 Å². The fourth-order valence-electron chi connectivity index (χ4n) is 2.24. The van der Waals surface area contributed by atoms with E-state index in [2.05, 4.69) is 70.2 Å². The maximum Gasteiger partial charge on any atom is 0.0551 e. The minimum Gasteiger partial charge on any atom is -0.320 e. The summed E-state index contributed by atoms with van der Waals surface area (Å²) in [4.78, 5) is 0. The van der Waals surface area contributed by atoms with Gasteiger partial charge in [0.2, 0.25) is 0 Å². The Morgan fingerprint density at radius 2 is 1.26 bits per heavy atom. The quantitative estimate of drug-likeness (QED) is 0.857. The molecule has 0 spiro atoms. The first kappa shape index (κ1) is 13.8. The summed E-state index contributed by atoms with van der Waals surface area (Å²) in [7, 11) is 0. The van der Waals surface area contributed by atoms with E-state index in [1.807, 2.05) is 0 Å².